The number of rotatable bonds is 4. The maximum atomic E-state index is 12.6. The van der Waals surface area contributed by atoms with Gasteiger partial charge in [0.15, 0.2) is 0 Å². The van der Waals surface area contributed by atoms with Crippen molar-refractivity contribution in [2.45, 2.75) is 25.5 Å². The molecule has 1 saturated heterocycles. The van der Waals surface area contributed by atoms with Crippen molar-refractivity contribution in [3.8, 4) is 0 Å². The van der Waals surface area contributed by atoms with Crippen LogP contribution in [0.3, 0.4) is 0 Å². The molecular formula is C20H24N2O2. The van der Waals surface area contributed by atoms with Gasteiger partial charge in [-0.05, 0) is 42.7 Å². The van der Waals surface area contributed by atoms with E-state index in [1.165, 1.54) is 0 Å². The third kappa shape index (κ3) is 3.95. The molecule has 1 N–H and O–H groups in total. The fourth-order valence-corrected chi connectivity index (χ4v) is 3.09. The number of piperidine rings is 1. The summed E-state index contributed by atoms with van der Waals surface area (Å²) < 4.78 is 0. The van der Waals surface area contributed by atoms with Gasteiger partial charge in [0.25, 0.3) is 5.91 Å². The second kappa shape index (κ2) is 7.49. The Hall–Kier alpha value is -2.33. The van der Waals surface area contributed by atoms with E-state index in [-0.39, 0.29) is 12.0 Å². The van der Waals surface area contributed by atoms with Gasteiger partial charge >= 0.3 is 0 Å². The van der Waals surface area contributed by atoms with Gasteiger partial charge in [0, 0.05) is 37.9 Å². The van der Waals surface area contributed by atoms with Gasteiger partial charge in [0.1, 0.15) is 0 Å². The lowest BCUT2D eigenvalue weighted by Gasteiger charge is -2.31. The predicted molar refractivity (Wildman–Crippen MR) is 96.1 cm³/mol. The van der Waals surface area contributed by atoms with Crippen molar-refractivity contribution < 1.29 is 9.90 Å². The molecule has 2 aromatic carbocycles. The molecular weight excluding hydrogens is 300 g/mol. The quantitative estimate of drug-likeness (QED) is 0.940. The van der Waals surface area contributed by atoms with Gasteiger partial charge < -0.3 is 14.9 Å². The summed E-state index contributed by atoms with van der Waals surface area (Å²) in [5.41, 5.74) is 2.94. The summed E-state index contributed by atoms with van der Waals surface area (Å²) in [4.78, 5) is 16.6. The van der Waals surface area contributed by atoms with Crippen molar-refractivity contribution in [1.29, 1.82) is 0 Å². The van der Waals surface area contributed by atoms with Crippen LogP contribution in [0.15, 0.2) is 54.6 Å². The topological polar surface area (TPSA) is 43.8 Å². The highest BCUT2D eigenvalue weighted by atomic mass is 16.3. The first-order chi connectivity index (χ1) is 11.6. The molecule has 0 aromatic heterocycles. The van der Waals surface area contributed by atoms with E-state index in [0.29, 0.717) is 12.1 Å². The molecule has 3 rings (SSSR count). The second-order valence-corrected chi connectivity index (χ2v) is 6.41. The summed E-state index contributed by atoms with van der Waals surface area (Å²) in [6.07, 6.45) is 1.44. The number of carbonyl (C=O) groups is 1. The number of hydrogen-bond donors (Lipinski definition) is 1. The molecule has 0 aliphatic carbocycles. The molecule has 0 bridgehead atoms. The molecule has 1 amide bonds. The summed E-state index contributed by atoms with van der Waals surface area (Å²) in [6, 6.07) is 17.8. The number of aliphatic hydroxyl groups excluding tert-OH is 1. The first-order valence-electron chi connectivity index (χ1n) is 8.46. The van der Waals surface area contributed by atoms with Crippen molar-refractivity contribution >= 4 is 11.6 Å². The fraction of sp³-hybridized carbons (Fsp3) is 0.350. The third-order valence-corrected chi connectivity index (χ3v) is 4.55. The standard InChI is InChI=1S/C20H24N2O2/c1-21(15-16-5-3-2-4-6-16)20(24)17-7-9-18(10-8-17)22-13-11-19(23)12-14-22/h2-10,19,23H,11-15H2,1H3. The molecule has 0 atom stereocenters. The molecule has 1 fully saturated rings. The Kier molecular flexibility index (Phi) is 5.16. The van der Waals surface area contributed by atoms with E-state index in [1.807, 2.05) is 61.6 Å². The first kappa shape index (κ1) is 16.5. The van der Waals surface area contributed by atoms with Gasteiger partial charge in [-0.1, -0.05) is 30.3 Å². The maximum Gasteiger partial charge on any atom is 0.253 e. The Morgan fingerprint density at radius 2 is 1.71 bits per heavy atom. The molecule has 0 saturated carbocycles. The maximum absolute atomic E-state index is 12.6. The van der Waals surface area contributed by atoms with Gasteiger partial charge in [-0.2, -0.15) is 0 Å². The molecule has 126 valence electrons. The van der Waals surface area contributed by atoms with E-state index >= 15 is 0 Å². The molecule has 24 heavy (non-hydrogen) atoms. The minimum absolute atomic E-state index is 0.0273. The molecule has 0 spiro atoms. The van der Waals surface area contributed by atoms with Crippen LogP contribution >= 0.6 is 0 Å². The number of aliphatic hydroxyl groups is 1. The summed E-state index contributed by atoms with van der Waals surface area (Å²) in [5, 5.41) is 9.60. The zero-order chi connectivity index (χ0) is 16.9. The average Bonchev–Trinajstić information content (AvgIpc) is 2.63. The van der Waals surface area contributed by atoms with E-state index in [2.05, 4.69) is 4.90 Å². The van der Waals surface area contributed by atoms with Crippen LogP contribution in [0.5, 0.6) is 0 Å². The van der Waals surface area contributed by atoms with Crippen molar-refractivity contribution in [2.24, 2.45) is 0 Å². The third-order valence-electron chi connectivity index (χ3n) is 4.55. The Labute approximate surface area is 143 Å². The fourth-order valence-electron chi connectivity index (χ4n) is 3.09. The van der Waals surface area contributed by atoms with Crippen LogP contribution in [0.4, 0.5) is 5.69 Å². The van der Waals surface area contributed by atoms with Crippen LogP contribution in [0.2, 0.25) is 0 Å². The molecule has 0 unspecified atom stereocenters. The van der Waals surface area contributed by atoms with Crippen molar-refractivity contribution in [3.63, 3.8) is 0 Å². The van der Waals surface area contributed by atoms with Crippen LogP contribution in [-0.2, 0) is 6.54 Å². The normalized spacial score (nSPS) is 15.3. The SMILES string of the molecule is CN(Cc1ccccc1)C(=O)c1ccc(N2CCC(O)CC2)cc1. The Morgan fingerprint density at radius 1 is 1.08 bits per heavy atom. The van der Waals surface area contributed by atoms with Gasteiger partial charge in [0.2, 0.25) is 0 Å². The zero-order valence-corrected chi connectivity index (χ0v) is 14.1. The number of hydrogen-bond acceptors (Lipinski definition) is 3. The van der Waals surface area contributed by atoms with Crippen molar-refractivity contribution in [1.82, 2.24) is 4.90 Å². The number of amides is 1. The van der Waals surface area contributed by atoms with Gasteiger partial charge in [0.05, 0.1) is 6.10 Å². The van der Waals surface area contributed by atoms with E-state index in [4.69, 9.17) is 0 Å². The lowest BCUT2D eigenvalue weighted by atomic mass is 10.1. The number of carbonyl (C=O) groups excluding carboxylic acids is 1. The highest BCUT2D eigenvalue weighted by Gasteiger charge is 2.18. The van der Waals surface area contributed by atoms with Crippen LogP contribution in [0.1, 0.15) is 28.8 Å². The minimum Gasteiger partial charge on any atom is -0.393 e. The Bertz CT molecular complexity index is 662. The highest BCUT2D eigenvalue weighted by Crippen LogP contribution is 2.21. The molecule has 4 nitrogen and oxygen atoms in total. The number of anilines is 1. The van der Waals surface area contributed by atoms with Gasteiger partial charge in [-0.25, -0.2) is 0 Å². The van der Waals surface area contributed by atoms with Crippen LogP contribution < -0.4 is 4.90 Å². The van der Waals surface area contributed by atoms with E-state index in [9.17, 15) is 9.90 Å². The molecule has 0 radical (unpaired) electrons. The summed E-state index contributed by atoms with van der Waals surface area (Å²) in [7, 11) is 1.83. The smallest absolute Gasteiger partial charge is 0.253 e. The van der Waals surface area contributed by atoms with E-state index in [1.54, 1.807) is 4.90 Å². The van der Waals surface area contributed by atoms with E-state index in [0.717, 1.165) is 37.2 Å². The van der Waals surface area contributed by atoms with Gasteiger partial charge in [-0.3, -0.25) is 4.79 Å². The number of benzene rings is 2. The summed E-state index contributed by atoms with van der Waals surface area (Å²) in [5.74, 6) is 0.0273. The lowest BCUT2D eigenvalue weighted by Crippen LogP contribution is -2.35. The molecule has 4 heteroatoms. The highest BCUT2D eigenvalue weighted by molar-refractivity contribution is 5.94. The Morgan fingerprint density at radius 3 is 2.33 bits per heavy atom. The summed E-state index contributed by atoms with van der Waals surface area (Å²) in [6.45, 7) is 2.33. The monoisotopic (exact) mass is 324 g/mol. The predicted octanol–water partition coefficient (Wildman–Crippen LogP) is 2.92. The van der Waals surface area contributed by atoms with Crippen molar-refractivity contribution in [3.05, 3.63) is 65.7 Å². The molecule has 1 aliphatic rings. The minimum atomic E-state index is -0.172. The molecule has 2 aromatic rings. The lowest BCUT2D eigenvalue weighted by molar-refractivity contribution is 0.0785. The first-order valence-corrected chi connectivity index (χ1v) is 8.46. The molecule has 1 heterocycles. The zero-order valence-electron chi connectivity index (χ0n) is 14.1. The Balaban J connectivity index is 1.63. The van der Waals surface area contributed by atoms with Crippen LogP contribution in [0.25, 0.3) is 0 Å². The van der Waals surface area contributed by atoms with Crippen LogP contribution in [-0.4, -0.2) is 42.2 Å². The summed E-state index contributed by atoms with van der Waals surface area (Å²) >= 11 is 0. The average molecular weight is 324 g/mol. The second-order valence-electron chi connectivity index (χ2n) is 6.41. The van der Waals surface area contributed by atoms with Gasteiger partial charge in [-0.15, -0.1) is 0 Å². The van der Waals surface area contributed by atoms with E-state index < -0.39 is 0 Å². The number of nitrogens with zero attached hydrogens (tertiary/aromatic N) is 2. The molecule has 1 aliphatic heterocycles. The van der Waals surface area contributed by atoms with Crippen molar-refractivity contribution in [2.75, 3.05) is 25.0 Å². The van der Waals surface area contributed by atoms with Crippen LogP contribution in [0, 0.1) is 0 Å². The largest absolute Gasteiger partial charge is 0.393 e.